The quantitative estimate of drug-likeness (QED) is 0.599. The second kappa shape index (κ2) is 8.85. The van der Waals surface area contributed by atoms with Gasteiger partial charge in [-0.3, -0.25) is 14.5 Å². The molecule has 0 heterocycles. The van der Waals surface area contributed by atoms with Crippen LogP contribution in [0, 0.1) is 0 Å². The van der Waals surface area contributed by atoms with Crippen LogP contribution in [-0.4, -0.2) is 31.6 Å². The van der Waals surface area contributed by atoms with Gasteiger partial charge >= 0.3 is 5.97 Å². The number of ether oxygens (including phenoxy) is 2. The number of amides is 1. The van der Waals surface area contributed by atoms with E-state index in [4.69, 9.17) is 9.47 Å². The Hall–Kier alpha value is -3.34. The smallest absolute Gasteiger partial charge is 0.326 e. The zero-order valence-corrected chi connectivity index (χ0v) is 15.1. The summed E-state index contributed by atoms with van der Waals surface area (Å²) in [5.74, 6) is -0.172. The Bertz CT molecular complexity index is 924. The molecule has 3 aromatic rings. The summed E-state index contributed by atoms with van der Waals surface area (Å²) in [6.07, 6.45) is 0. The van der Waals surface area contributed by atoms with E-state index in [0.29, 0.717) is 11.4 Å². The Kier molecular flexibility index (Phi) is 6.05. The first kappa shape index (κ1) is 18.5. The average molecular weight is 363 g/mol. The van der Waals surface area contributed by atoms with E-state index < -0.39 is 5.97 Å². The number of anilines is 1. The molecule has 0 atom stereocenters. The Morgan fingerprint density at radius 1 is 0.889 bits per heavy atom. The second-order valence-corrected chi connectivity index (χ2v) is 5.92. The molecule has 3 rings (SSSR count). The SMILES string of the molecule is CCOC(=O)CN(C(=O)COc1ccc2ccccc2c1)c1ccccc1. The Morgan fingerprint density at radius 2 is 1.59 bits per heavy atom. The first-order valence-corrected chi connectivity index (χ1v) is 8.80. The topological polar surface area (TPSA) is 55.8 Å². The van der Waals surface area contributed by atoms with Crippen molar-refractivity contribution >= 4 is 28.3 Å². The molecule has 0 bridgehead atoms. The predicted octanol–water partition coefficient (Wildman–Crippen LogP) is 3.81. The standard InChI is InChI=1S/C22H21NO4/c1-2-26-22(25)15-23(19-10-4-3-5-11-19)21(24)16-27-20-13-12-17-8-6-7-9-18(17)14-20/h3-14H,2,15-16H2,1H3. The number of para-hydroxylation sites is 1. The number of carbonyl (C=O) groups excluding carboxylic acids is 2. The van der Waals surface area contributed by atoms with Crippen LogP contribution in [0.2, 0.25) is 0 Å². The van der Waals surface area contributed by atoms with E-state index in [2.05, 4.69) is 0 Å². The Balaban J connectivity index is 1.72. The molecule has 0 aliphatic carbocycles. The van der Waals surface area contributed by atoms with Gasteiger partial charge in [0, 0.05) is 5.69 Å². The molecule has 0 unspecified atom stereocenters. The van der Waals surface area contributed by atoms with Crippen molar-refractivity contribution < 1.29 is 19.1 Å². The van der Waals surface area contributed by atoms with E-state index in [-0.39, 0.29) is 25.7 Å². The minimum atomic E-state index is -0.458. The van der Waals surface area contributed by atoms with Gasteiger partial charge in [-0.15, -0.1) is 0 Å². The molecule has 0 N–H and O–H groups in total. The van der Waals surface area contributed by atoms with Crippen LogP contribution in [0.15, 0.2) is 72.8 Å². The average Bonchev–Trinajstić information content (AvgIpc) is 2.71. The molecule has 3 aromatic carbocycles. The van der Waals surface area contributed by atoms with Crippen LogP contribution < -0.4 is 9.64 Å². The van der Waals surface area contributed by atoms with Gasteiger partial charge < -0.3 is 9.47 Å². The van der Waals surface area contributed by atoms with Crippen LogP contribution in [0.1, 0.15) is 6.92 Å². The summed E-state index contributed by atoms with van der Waals surface area (Å²) in [6, 6.07) is 22.6. The zero-order chi connectivity index (χ0) is 19.1. The van der Waals surface area contributed by atoms with Gasteiger partial charge in [-0.2, -0.15) is 0 Å². The number of fused-ring (bicyclic) bond motifs is 1. The number of benzene rings is 3. The molecule has 0 aliphatic rings. The van der Waals surface area contributed by atoms with E-state index in [0.717, 1.165) is 10.8 Å². The highest BCUT2D eigenvalue weighted by molar-refractivity contribution is 5.98. The van der Waals surface area contributed by atoms with Gasteiger partial charge in [0.1, 0.15) is 12.3 Å². The largest absolute Gasteiger partial charge is 0.484 e. The maximum atomic E-state index is 12.7. The fourth-order valence-corrected chi connectivity index (χ4v) is 2.75. The molecule has 27 heavy (non-hydrogen) atoms. The number of rotatable bonds is 7. The molecule has 0 fully saturated rings. The molecule has 0 aromatic heterocycles. The van der Waals surface area contributed by atoms with E-state index in [1.165, 1.54) is 4.90 Å². The lowest BCUT2D eigenvalue weighted by atomic mass is 10.1. The third-order valence-electron chi connectivity index (χ3n) is 4.04. The first-order chi connectivity index (χ1) is 13.2. The van der Waals surface area contributed by atoms with Crippen molar-refractivity contribution in [2.75, 3.05) is 24.7 Å². The lowest BCUT2D eigenvalue weighted by Gasteiger charge is -2.22. The summed E-state index contributed by atoms with van der Waals surface area (Å²) in [5, 5.41) is 2.14. The number of carbonyl (C=O) groups is 2. The van der Waals surface area contributed by atoms with Gasteiger partial charge in [-0.05, 0) is 42.0 Å². The Morgan fingerprint density at radius 3 is 2.33 bits per heavy atom. The maximum absolute atomic E-state index is 12.7. The van der Waals surface area contributed by atoms with Crippen LogP contribution in [0.3, 0.4) is 0 Å². The van der Waals surface area contributed by atoms with Gasteiger partial charge in [-0.25, -0.2) is 0 Å². The number of esters is 1. The van der Waals surface area contributed by atoms with Gasteiger partial charge in [-0.1, -0.05) is 48.5 Å². The van der Waals surface area contributed by atoms with E-state index in [1.54, 1.807) is 19.1 Å². The predicted molar refractivity (Wildman–Crippen MR) is 105 cm³/mol. The highest BCUT2D eigenvalue weighted by atomic mass is 16.5. The fourth-order valence-electron chi connectivity index (χ4n) is 2.75. The van der Waals surface area contributed by atoms with Crippen LogP contribution in [-0.2, 0) is 14.3 Å². The third-order valence-corrected chi connectivity index (χ3v) is 4.04. The highest BCUT2D eigenvalue weighted by Crippen LogP contribution is 2.21. The van der Waals surface area contributed by atoms with Crippen LogP contribution in [0.4, 0.5) is 5.69 Å². The summed E-state index contributed by atoms with van der Waals surface area (Å²) >= 11 is 0. The summed E-state index contributed by atoms with van der Waals surface area (Å²) in [4.78, 5) is 26.0. The van der Waals surface area contributed by atoms with Crippen LogP contribution in [0.5, 0.6) is 5.75 Å². The molecule has 0 saturated carbocycles. The minimum Gasteiger partial charge on any atom is -0.484 e. The molecule has 0 radical (unpaired) electrons. The molecule has 0 aliphatic heterocycles. The van der Waals surface area contributed by atoms with Crippen molar-refractivity contribution in [3.63, 3.8) is 0 Å². The van der Waals surface area contributed by atoms with E-state index in [1.807, 2.05) is 60.7 Å². The van der Waals surface area contributed by atoms with Crippen molar-refractivity contribution in [2.45, 2.75) is 6.92 Å². The fraction of sp³-hybridized carbons (Fsp3) is 0.182. The summed E-state index contributed by atoms with van der Waals surface area (Å²) in [5.41, 5.74) is 0.623. The van der Waals surface area contributed by atoms with Crippen molar-refractivity contribution in [1.29, 1.82) is 0 Å². The maximum Gasteiger partial charge on any atom is 0.326 e. The highest BCUT2D eigenvalue weighted by Gasteiger charge is 2.20. The van der Waals surface area contributed by atoms with E-state index in [9.17, 15) is 9.59 Å². The molecule has 138 valence electrons. The summed E-state index contributed by atoms with van der Waals surface area (Å²) in [7, 11) is 0. The molecule has 5 heteroatoms. The lowest BCUT2D eigenvalue weighted by Crippen LogP contribution is -2.39. The van der Waals surface area contributed by atoms with Gasteiger partial charge in [0.25, 0.3) is 5.91 Å². The number of hydrogen-bond acceptors (Lipinski definition) is 4. The molecule has 0 spiro atoms. The molecule has 5 nitrogen and oxygen atoms in total. The summed E-state index contributed by atoms with van der Waals surface area (Å²) in [6.45, 7) is 1.67. The normalized spacial score (nSPS) is 10.4. The summed E-state index contributed by atoms with van der Waals surface area (Å²) < 4.78 is 10.7. The van der Waals surface area contributed by atoms with Crippen LogP contribution in [0.25, 0.3) is 10.8 Å². The lowest BCUT2D eigenvalue weighted by molar-refractivity contribution is -0.142. The molecule has 0 saturated heterocycles. The zero-order valence-electron chi connectivity index (χ0n) is 15.1. The van der Waals surface area contributed by atoms with Gasteiger partial charge in [0.05, 0.1) is 6.61 Å². The van der Waals surface area contributed by atoms with Gasteiger partial charge in [0.15, 0.2) is 6.61 Å². The number of hydrogen-bond donors (Lipinski definition) is 0. The van der Waals surface area contributed by atoms with Crippen molar-refractivity contribution in [3.8, 4) is 5.75 Å². The van der Waals surface area contributed by atoms with Crippen molar-refractivity contribution in [2.24, 2.45) is 0 Å². The Labute approximate surface area is 158 Å². The number of nitrogens with zero attached hydrogens (tertiary/aromatic N) is 1. The molecular formula is C22H21NO4. The minimum absolute atomic E-state index is 0.155. The second-order valence-electron chi connectivity index (χ2n) is 5.92. The van der Waals surface area contributed by atoms with Crippen molar-refractivity contribution in [1.82, 2.24) is 0 Å². The molecule has 1 amide bonds. The monoisotopic (exact) mass is 363 g/mol. The van der Waals surface area contributed by atoms with E-state index >= 15 is 0 Å². The van der Waals surface area contributed by atoms with Crippen molar-refractivity contribution in [3.05, 3.63) is 72.8 Å². The molecular weight excluding hydrogens is 342 g/mol. The van der Waals surface area contributed by atoms with Crippen LogP contribution >= 0.6 is 0 Å². The third kappa shape index (κ3) is 4.85. The van der Waals surface area contributed by atoms with Gasteiger partial charge in [0.2, 0.25) is 0 Å². The first-order valence-electron chi connectivity index (χ1n) is 8.80.